The molecule has 36 heavy (non-hydrogen) atoms. The van der Waals surface area contributed by atoms with Gasteiger partial charge in [-0.15, -0.1) is 0 Å². The summed E-state index contributed by atoms with van der Waals surface area (Å²) in [5.41, 5.74) is 2.16. The summed E-state index contributed by atoms with van der Waals surface area (Å²) in [6, 6.07) is 15.8. The van der Waals surface area contributed by atoms with Crippen LogP contribution in [0.1, 0.15) is 23.6 Å². The molecule has 2 aromatic carbocycles. The molecule has 2 unspecified atom stereocenters. The number of likely N-dealkylation sites (tertiary alicyclic amines) is 1. The number of hydrogen-bond acceptors (Lipinski definition) is 6. The van der Waals surface area contributed by atoms with Gasteiger partial charge in [0.1, 0.15) is 0 Å². The average Bonchev–Trinajstić information content (AvgIpc) is 3.29. The Morgan fingerprint density at radius 3 is 2.44 bits per heavy atom. The number of nitrogens with zero attached hydrogens (tertiary/aromatic N) is 3. The Hall–Kier alpha value is -3.10. The molecule has 0 aromatic heterocycles. The second-order valence-corrected chi connectivity index (χ2v) is 9.76. The summed E-state index contributed by atoms with van der Waals surface area (Å²) in [6.07, 6.45) is 0.949. The number of amides is 2. The Morgan fingerprint density at radius 2 is 1.75 bits per heavy atom. The number of piperazine rings is 1. The zero-order chi connectivity index (χ0) is 25.5. The first-order chi connectivity index (χ1) is 17.5. The summed E-state index contributed by atoms with van der Waals surface area (Å²) in [5, 5.41) is 3.27. The molecule has 8 nitrogen and oxygen atoms in total. The predicted molar refractivity (Wildman–Crippen MR) is 139 cm³/mol. The fourth-order valence-electron chi connectivity index (χ4n) is 4.96. The lowest BCUT2D eigenvalue weighted by Gasteiger charge is -2.35. The highest BCUT2D eigenvalue weighted by Crippen LogP contribution is 2.28. The van der Waals surface area contributed by atoms with Crippen molar-refractivity contribution >= 4 is 11.8 Å². The lowest BCUT2D eigenvalue weighted by molar-refractivity contribution is -0.129. The topological polar surface area (TPSA) is 74.4 Å². The number of benzene rings is 2. The van der Waals surface area contributed by atoms with E-state index in [9.17, 15) is 9.59 Å². The second kappa shape index (κ2) is 12.2. The van der Waals surface area contributed by atoms with Gasteiger partial charge in [0, 0.05) is 52.2 Å². The molecule has 2 fully saturated rings. The number of methoxy groups -OCH3 is 2. The molecule has 2 atom stereocenters. The molecule has 194 valence electrons. The zero-order valence-corrected chi connectivity index (χ0v) is 21.6. The highest BCUT2D eigenvalue weighted by atomic mass is 16.5. The first kappa shape index (κ1) is 26.0. The monoisotopic (exact) mass is 494 g/mol. The molecular formula is C28H38N4O4. The van der Waals surface area contributed by atoms with Crippen LogP contribution in [0.25, 0.3) is 0 Å². The van der Waals surface area contributed by atoms with Gasteiger partial charge in [0.25, 0.3) is 0 Å². The van der Waals surface area contributed by atoms with Crippen molar-refractivity contribution in [3.8, 4) is 11.5 Å². The van der Waals surface area contributed by atoms with E-state index in [4.69, 9.17) is 9.47 Å². The molecule has 2 amide bonds. The Morgan fingerprint density at radius 1 is 1.03 bits per heavy atom. The summed E-state index contributed by atoms with van der Waals surface area (Å²) < 4.78 is 10.7. The van der Waals surface area contributed by atoms with E-state index in [1.807, 2.05) is 36.4 Å². The summed E-state index contributed by atoms with van der Waals surface area (Å²) in [5.74, 6) is 1.01. The minimum atomic E-state index is -0.332. The van der Waals surface area contributed by atoms with E-state index in [0.29, 0.717) is 31.0 Å². The standard InChI is InChI=1S/C28H38N4O4/c1-30-13-15-31(16-14-30)20-24(22-7-5-4-6-8-22)29-28(34)23-18-27(33)32(19-23)12-11-21-9-10-25(35-2)26(17-21)36-3/h4-10,17,23-24H,11-16,18-20H2,1-3H3,(H,29,34). The van der Waals surface area contributed by atoms with Gasteiger partial charge in [-0.3, -0.25) is 14.5 Å². The number of carbonyl (C=O) groups excluding carboxylic acids is 2. The van der Waals surface area contributed by atoms with Crippen LogP contribution in [0.5, 0.6) is 11.5 Å². The van der Waals surface area contributed by atoms with Crippen LogP contribution in [0, 0.1) is 5.92 Å². The van der Waals surface area contributed by atoms with Crippen LogP contribution in [0.4, 0.5) is 0 Å². The molecule has 0 spiro atoms. The fraction of sp³-hybridized carbons (Fsp3) is 0.500. The third kappa shape index (κ3) is 6.56. The van der Waals surface area contributed by atoms with Crippen molar-refractivity contribution < 1.29 is 19.1 Å². The molecule has 2 aromatic rings. The number of nitrogens with one attached hydrogen (secondary N) is 1. The van der Waals surface area contributed by atoms with Crippen LogP contribution in [-0.2, 0) is 16.0 Å². The SMILES string of the molecule is COc1ccc(CCN2CC(C(=O)NC(CN3CCN(C)CC3)c3ccccc3)CC2=O)cc1OC. The Labute approximate surface area is 214 Å². The van der Waals surface area contributed by atoms with Crippen LogP contribution in [-0.4, -0.2) is 93.6 Å². The third-order valence-corrected chi connectivity index (χ3v) is 7.26. The van der Waals surface area contributed by atoms with E-state index in [1.54, 1.807) is 19.1 Å². The molecular weight excluding hydrogens is 456 g/mol. The fourth-order valence-corrected chi connectivity index (χ4v) is 4.96. The molecule has 2 heterocycles. The molecule has 2 aliphatic heterocycles. The maximum absolute atomic E-state index is 13.3. The largest absolute Gasteiger partial charge is 0.493 e. The average molecular weight is 495 g/mol. The van der Waals surface area contributed by atoms with Crippen molar-refractivity contribution in [1.29, 1.82) is 0 Å². The molecule has 4 rings (SSSR count). The van der Waals surface area contributed by atoms with Gasteiger partial charge in [0.05, 0.1) is 26.2 Å². The minimum absolute atomic E-state index is 0.0333. The van der Waals surface area contributed by atoms with E-state index >= 15 is 0 Å². The van der Waals surface area contributed by atoms with Gasteiger partial charge in [-0.2, -0.15) is 0 Å². The predicted octanol–water partition coefficient (Wildman–Crippen LogP) is 2.20. The van der Waals surface area contributed by atoms with Gasteiger partial charge >= 0.3 is 0 Å². The van der Waals surface area contributed by atoms with Crippen molar-refractivity contribution in [3.63, 3.8) is 0 Å². The van der Waals surface area contributed by atoms with Gasteiger partial charge < -0.3 is 24.6 Å². The first-order valence-corrected chi connectivity index (χ1v) is 12.7. The highest BCUT2D eigenvalue weighted by Gasteiger charge is 2.35. The zero-order valence-electron chi connectivity index (χ0n) is 21.6. The van der Waals surface area contributed by atoms with Crippen molar-refractivity contribution in [2.75, 3.05) is 67.1 Å². The Balaban J connectivity index is 1.35. The van der Waals surface area contributed by atoms with Gasteiger partial charge in [-0.1, -0.05) is 36.4 Å². The van der Waals surface area contributed by atoms with E-state index in [2.05, 4.69) is 34.3 Å². The lowest BCUT2D eigenvalue weighted by Crippen LogP contribution is -2.48. The molecule has 2 saturated heterocycles. The molecule has 0 bridgehead atoms. The van der Waals surface area contributed by atoms with Crippen LogP contribution in [0.3, 0.4) is 0 Å². The molecule has 0 radical (unpaired) electrons. The number of carbonyl (C=O) groups is 2. The molecule has 0 saturated carbocycles. The molecule has 1 N–H and O–H groups in total. The lowest BCUT2D eigenvalue weighted by atomic mass is 10.0. The highest BCUT2D eigenvalue weighted by molar-refractivity contribution is 5.89. The van der Waals surface area contributed by atoms with E-state index < -0.39 is 0 Å². The van der Waals surface area contributed by atoms with Crippen molar-refractivity contribution in [1.82, 2.24) is 20.0 Å². The minimum Gasteiger partial charge on any atom is -0.493 e. The van der Waals surface area contributed by atoms with Crippen molar-refractivity contribution in [2.24, 2.45) is 5.92 Å². The first-order valence-electron chi connectivity index (χ1n) is 12.7. The maximum atomic E-state index is 13.3. The summed E-state index contributed by atoms with van der Waals surface area (Å²) in [7, 11) is 5.36. The number of hydrogen-bond donors (Lipinski definition) is 1. The van der Waals surface area contributed by atoms with Crippen LogP contribution < -0.4 is 14.8 Å². The summed E-state index contributed by atoms with van der Waals surface area (Å²) in [6.45, 7) is 5.83. The van der Waals surface area contributed by atoms with Gasteiger partial charge in [0.15, 0.2) is 11.5 Å². The van der Waals surface area contributed by atoms with Crippen LogP contribution in [0.2, 0.25) is 0 Å². The van der Waals surface area contributed by atoms with E-state index in [1.165, 1.54) is 0 Å². The van der Waals surface area contributed by atoms with Crippen molar-refractivity contribution in [2.45, 2.75) is 18.9 Å². The van der Waals surface area contributed by atoms with Crippen LogP contribution in [0.15, 0.2) is 48.5 Å². The van der Waals surface area contributed by atoms with Gasteiger partial charge in [0.2, 0.25) is 11.8 Å². The molecule has 2 aliphatic rings. The molecule has 0 aliphatic carbocycles. The number of ether oxygens (including phenoxy) is 2. The quantitative estimate of drug-likeness (QED) is 0.546. The summed E-state index contributed by atoms with van der Waals surface area (Å²) in [4.78, 5) is 32.6. The molecule has 8 heteroatoms. The van der Waals surface area contributed by atoms with E-state index in [-0.39, 0.29) is 30.2 Å². The summed E-state index contributed by atoms with van der Waals surface area (Å²) >= 11 is 0. The normalized spacial score (nSPS) is 19.8. The Kier molecular flexibility index (Phi) is 8.83. The number of likely N-dealkylation sites (N-methyl/N-ethyl adjacent to an activating group) is 1. The smallest absolute Gasteiger partial charge is 0.225 e. The third-order valence-electron chi connectivity index (χ3n) is 7.26. The van der Waals surface area contributed by atoms with Gasteiger partial charge in [-0.05, 0) is 36.7 Å². The van der Waals surface area contributed by atoms with Gasteiger partial charge in [-0.25, -0.2) is 0 Å². The van der Waals surface area contributed by atoms with Crippen LogP contribution >= 0.6 is 0 Å². The van der Waals surface area contributed by atoms with Crippen molar-refractivity contribution in [3.05, 3.63) is 59.7 Å². The van der Waals surface area contributed by atoms with E-state index in [0.717, 1.165) is 43.9 Å². The number of rotatable bonds is 10. The second-order valence-electron chi connectivity index (χ2n) is 9.76. The Bertz CT molecular complexity index is 1020. The maximum Gasteiger partial charge on any atom is 0.225 e.